The van der Waals surface area contributed by atoms with Gasteiger partial charge in [-0.25, -0.2) is 9.37 Å². The Labute approximate surface area is 182 Å². The van der Waals surface area contributed by atoms with Crippen LogP contribution in [-0.2, 0) is 0 Å². The highest BCUT2D eigenvalue weighted by molar-refractivity contribution is 5.82. The van der Waals surface area contributed by atoms with Crippen LogP contribution in [-0.4, -0.2) is 14.1 Å². The number of fused-ring (bicyclic) bond motifs is 1. The van der Waals surface area contributed by atoms with Crippen LogP contribution in [0, 0.1) is 17.1 Å². The predicted molar refractivity (Wildman–Crippen MR) is 121 cm³/mol. The fourth-order valence-corrected chi connectivity index (χ4v) is 3.63. The highest BCUT2D eigenvalue weighted by Crippen LogP contribution is 2.24. The Balaban J connectivity index is 1.79. The van der Waals surface area contributed by atoms with E-state index in [1.54, 1.807) is 42.6 Å². The molecule has 0 aliphatic carbocycles. The third kappa shape index (κ3) is 3.30. The summed E-state index contributed by atoms with van der Waals surface area (Å²) in [5, 5.41) is 9.54. The summed E-state index contributed by atoms with van der Waals surface area (Å²) in [7, 11) is 0. The normalized spacial score (nSPS) is 10.9. The van der Waals surface area contributed by atoms with Crippen molar-refractivity contribution in [3.63, 3.8) is 0 Å². The van der Waals surface area contributed by atoms with Crippen LogP contribution in [0.3, 0.4) is 0 Å². The van der Waals surface area contributed by atoms with Gasteiger partial charge in [0, 0.05) is 29.3 Å². The number of hydrogen-bond donors (Lipinski definition) is 1. The van der Waals surface area contributed by atoms with E-state index in [9.17, 15) is 9.18 Å². The van der Waals surface area contributed by atoms with Crippen molar-refractivity contribution in [1.29, 1.82) is 5.26 Å². The third-order valence-electron chi connectivity index (χ3n) is 5.22. The average molecular weight is 421 g/mol. The van der Waals surface area contributed by atoms with Gasteiger partial charge in [-0.3, -0.25) is 9.36 Å². The first-order valence-corrected chi connectivity index (χ1v) is 9.80. The second-order valence-electron chi connectivity index (χ2n) is 7.30. The summed E-state index contributed by atoms with van der Waals surface area (Å²) in [5.41, 5.74) is 9.15. The highest BCUT2D eigenvalue weighted by atomic mass is 19.1. The molecule has 0 spiro atoms. The Bertz CT molecular complexity index is 1560. The monoisotopic (exact) mass is 421 g/mol. The Morgan fingerprint density at radius 2 is 1.66 bits per heavy atom. The number of nitrogens with zero attached hydrogens (tertiary/aromatic N) is 4. The number of nitrogens with two attached hydrogens (primary N) is 1. The van der Waals surface area contributed by atoms with Crippen molar-refractivity contribution in [3.05, 3.63) is 107 Å². The number of benzene rings is 3. The number of aromatic nitrogens is 3. The van der Waals surface area contributed by atoms with Crippen LogP contribution >= 0.6 is 0 Å². The van der Waals surface area contributed by atoms with Crippen molar-refractivity contribution in [2.75, 3.05) is 5.73 Å². The summed E-state index contributed by atoms with van der Waals surface area (Å²) >= 11 is 0. The smallest absolute Gasteiger partial charge is 0.266 e. The fraction of sp³-hybridized carbons (Fsp3) is 0. The van der Waals surface area contributed by atoms with Crippen molar-refractivity contribution in [3.8, 4) is 28.8 Å². The van der Waals surface area contributed by atoms with Gasteiger partial charge in [0.25, 0.3) is 5.56 Å². The van der Waals surface area contributed by atoms with Crippen LogP contribution in [0.2, 0.25) is 0 Å². The molecule has 32 heavy (non-hydrogen) atoms. The summed E-state index contributed by atoms with van der Waals surface area (Å²) in [5.74, 6) is -0.00567. The quantitative estimate of drug-likeness (QED) is 0.466. The van der Waals surface area contributed by atoms with E-state index in [1.165, 1.54) is 28.8 Å². The molecule has 0 radical (unpaired) electrons. The lowest BCUT2D eigenvalue weighted by molar-refractivity contribution is 0.627. The molecule has 6 nitrogen and oxygen atoms in total. The number of rotatable bonds is 3. The summed E-state index contributed by atoms with van der Waals surface area (Å²) in [4.78, 5) is 18.3. The van der Waals surface area contributed by atoms with Gasteiger partial charge in [-0.15, -0.1) is 0 Å². The minimum atomic E-state index is -0.397. The minimum Gasteiger partial charge on any atom is -0.397 e. The largest absolute Gasteiger partial charge is 0.397 e. The molecule has 2 heterocycles. The first-order chi connectivity index (χ1) is 15.5. The predicted octanol–water partition coefficient (Wildman–Crippen LogP) is 4.44. The van der Waals surface area contributed by atoms with E-state index in [0.717, 1.165) is 5.69 Å². The van der Waals surface area contributed by atoms with E-state index in [1.807, 2.05) is 22.9 Å². The number of anilines is 1. The first-order valence-electron chi connectivity index (χ1n) is 9.80. The SMILES string of the molecule is N#Cc1ccc(-c2nc3cc(-n4ccc(N)c4)ccc3c(=O)n2-c2ccc(F)cc2)cc1. The summed E-state index contributed by atoms with van der Waals surface area (Å²) in [6, 6.07) is 21.7. The summed E-state index contributed by atoms with van der Waals surface area (Å²) in [6.07, 6.45) is 3.61. The number of nitrogen functional groups attached to an aromatic ring is 1. The molecule has 7 heteroatoms. The molecular weight excluding hydrogens is 405 g/mol. The number of halogens is 1. The van der Waals surface area contributed by atoms with Gasteiger partial charge in [0.2, 0.25) is 0 Å². The van der Waals surface area contributed by atoms with Gasteiger partial charge in [0.05, 0.1) is 28.2 Å². The fourth-order valence-electron chi connectivity index (χ4n) is 3.63. The van der Waals surface area contributed by atoms with Crippen LogP contribution in [0.4, 0.5) is 10.1 Å². The van der Waals surface area contributed by atoms with Crippen molar-refractivity contribution < 1.29 is 4.39 Å². The lowest BCUT2D eigenvalue weighted by atomic mass is 10.1. The molecular formula is C25H16FN5O. The molecule has 154 valence electrons. The molecule has 2 aromatic heterocycles. The molecule has 0 saturated heterocycles. The molecule has 0 fully saturated rings. The van der Waals surface area contributed by atoms with Crippen LogP contribution in [0.5, 0.6) is 0 Å². The van der Waals surface area contributed by atoms with Gasteiger partial charge in [0.1, 0.15) is 11.6 Å². The van der Waals surface area contributed by atoms with Gasteiger partial charge in [-0.05, 0) is 72.8 Å². The lowest BCUT2D eigenvalue weighted by Gasteiger charge is -2.15. The van der Waals surface area contributed by atoms with Crippen molar-refractivity contribution in [1.82, 2.24) is 14.1 Å². The zero-order chi connectivity index (χ0) is 22.2. The maximum atomic E-state index is 13.5. The Hall–Kier alpha value is -4.70. The molecule has 2 N–H and O–H groups in total. The van der Waals surface area contributed by atoms with Gasteiger partial charge in [0.15, 0.2) is 0 Å². The van der Waals surface area contributed by atoms with Crippen LogP contribution in [0.25, 0.3) is 33.7 Å². The van der Waals surface area contributed by atoms with Gasteiger partial charge in [-0.2, -0.15) is 5.26 Å². The summed E-state index contributed by atoms with van der Waals surface area (Å²) in [6.45, 7) is 0. The van der Waals surface area contributed by atoms with E-state index in [2.05, 4.69) is 6.07 Å². The zero-order valence-corrected chi connectivity index (χ0v) is 16.7. The first kappa shape index (κ1) is 19.3. The van der Waals surface area contributed by atoms with Gasteiger partial charge < -0.3 is 10.3 Å². The van der Waals surface area contributed by atoms with Crippen molar-refractivity contribution in [2.45, 2.75) is 0 Å². The number of hydrogen-bond acceptors (Lipinski definition) is 4. The van der Waals surface area contributed by atoms with E-state index < -0.39 is 5.82 Å². The molecule has 0 saturated carbocycles. The van der Waals surface area contributed by atoms with Crippen LogP contribution in [0.15, 0.2) is 90.0 Å². The molecule has 5 rings (SSSR count). The Kier molecular flexibility index (Phi) is 4.53. The average Bonchev–Trinajstić information content (AvgIpc) is 3.26. The Morgan fingerprint density at radius 3 is 2.31 bits per heavy atom. The Morgan fingerprint density at radius 1 is 0.938 bits per heavy atom. The number of nitriles is 1. The molecule has 0 bridgehead atoms. The van der Waals surface area contributed by atoms with Crippen molar-refractivity contribution in [2.24, 2.45) is 0 Å². The molecule has 5 aromatic rings. The zero-order valence-electron chi connectivity index (χ0n) is 16.7. The van der Waals surface area contributed by atoms with Gasteiger partial charge in [-0.1, -0.05) is 0 Å². The summed E-state index contributed by atoms with van der Waals surface area (Å²) < 4.78 is 16.8. The minimum absolute atomic E-state index is 0.278. The molecule has 0 amide bonds. The maximum absolute atomic E-state index is 13.5. The topological polar surface area (TPSA) is 89.6 Å². The van der Waals surface area contributed by atoms with Gasteiger partial charge >= 0.3 is 0 Å². The van der Waals surface area contributed by atoms with Crippen LogP contribution in [0.1, 0.15) is 5.56 Å². The molecule has 3 aromatic carbocycles. The van der Waals surface area contributed by atoms with E-state index >= 15 is 0 Å². The second kappa shape index (κ2) is 7.52. The van der Waals surface area contributed by atoms with Crippen molar-refractivity contribution >= 4 is 16.6 Å². The maximum Gasteiger partial charge on any atom is 0.266 e. The standard InChI is InChI=1S/C25H16FN5O/c26-18-5-7-20(8-6-18)31-24(17-3-1-16(14-27)2-4-17)29-23-13-21(9-10-22(23)25(31)32)30-12-11-19(28)15-30/h1-13,15H,28H2. The second-order valence-corrected chi connectivity index (χ2v) is 7.30. The van der Waals surface area contributed by atoms with E-state index in [-0.39, 0.29) is 5.56 Å². The third-order valence-corrected chi connectivity index (χ3v) is 5.22. The lowest BCUT2D eigenvalue weighted by Crippen LogP contribution is -2.22. The van der Waals surface area contributed by atoms with E-state index in [4.69, 9.17) is 16.0 Å². The van der Waals surface area contributed by atoms with E-state index in [0.29, 0.717) is 39.2 Å². The molecule has 0 unspecified atom stereocenters. The molecule has 0 aliphatic rings. The molecule has 0 aliphatic heterocycles. The molecule has 0 atom stereocenters. The highest BCUT2D eigenvalue weighted by Gasteiger charge is 2.15. The van der Waals surface area contributed by atoms with Crippen LogP contribution < -0.4 is 11.3 Å².